The first-order chi connectivity index (χ1) is 29.5. The number of carbonyl (C=O) groups excluding carboxylic acids is 3. The smallest absolute Gasteiger partial charge is 0.330 e. The van der Waals surface area contributed by atoms with Crippen molar-refractivity contribution in [1.82, 2.24) is 4.90 Å². The lowest BCUT2D eigenvalue weighted by atomic mass is 9.88. The van der Waals surface area contributed by atoms with Crippen molar-refractivity contribution in [3.05, 3.63) is 162 Å². The van der Waals surface area contributed by atoms with Crippen molar-refractivity contribution in [3.8, 4) is 11.5 Å². The maximum absolute atomic E-state index is 15.1. The zero-order valence-electron chi connectivity index (χ0n) is 35.9. The van der Waals surface area contributed by atoms with E-state index >= 15 is 4.79 Å². The first-order valence-electron chi connectivity index (χ1n) is 21.0. The Morgan fingerprint density at radius 1 is 0.754 bits per heavy atom. The summed E-state index contributed by atoms with van der Waals surface area (Å²) in [6.45, 7) is 10.2. The van der Waals surface area contributed by atoms with Gasteiger partial charge < -0.3 is 28.3 Å². The lowest BCUT2D eigenvalue weighted by molar-refractivity contribution is -0.141. The molecule has 5 aromatic rings. The first-order valence-corrected chi connectivity index (χ1v) is 22.9. The highest BCUT2D eigenvalue weighted by atomic mass is 28.4. The standard InChI is InChI=1S/C51H57NO8Si/c1-38(53)57-34-17-33-52(32-15-16-35-59-61(51(2,3)4,43-20-11-7-12-21-43)44-22-13-8-14-23-44)50(55)48-45-36-39(25-31-47(54)56-5)24-30-46(45)60-49(48)41-26-28-42(29-27-41)58-37-40-18-9-6-10-19-40/h6-14,18-31,36,48-49H,15-17,32-35,37H2,1-5H3/b31-25+/t48-,49+/m1/s1. The maximum atomic E-state index is 15.1. The second-order valence-corrected chi connectivity index (χ2v) is 20.6. The second kappa shape index (κ2) is 21.0. The summed E-state index contributed by atoms with van der Waals surface area (Å²) in [5.41, 5.74) is 3.35. The zero-order chi connectivity index (χ0) is 43.2. The van der Waals surface area contributed by atoms with Crippen LogP contribution in [0.2, 0.25) is 5.04 Å². The number of unbranched alkanes of at least 4 members (excludes halogenated alkanes) is 1. The molecule has 0 radical (unpaired) electrons. The summed E-state index contributed by atoms with van der Waals surface area (Å²) < 4.78 is 30.0. The minimum Gasteiger partial charge on any atom is -0.489 e. The van der Waals surface area contributed by atoms with Gasteiger partial charge in [-0.2, -0.15) is 0 Å². The van der Waals surface area contributed by atoms with Crippen molar-refractivity contribution in [1.29, 1.82) is 0 Å². The SMILES string of the molecule is COC(=O)/C=C/c1ccc2c(c1)[C@@H](C(=O)N(CCCCO[Si](c1ccccc1)(c1ccccc1)C(C)(C)C)CCCOC(C)=O)[C@H](c1ccc(OCc3ccccc3)cc1)O2. The fourth-order valence-electron chi connectivity index (χ4n) is 8.03. The quantitative estimate of drug-likeness (QED) is 0.0352. The van der Waals surface area contributed by atoms with Crippen LogP contribution in [0.15, 0.2) is 140 Å². The predicted octanol–water partition coefficient (Wildman–Crippen LogP) is 8.81. The molecule has 0 N–H and O–H groups in total. The third-order valence-corrected chi connectivity index (χ3v) is 16.1. The van der Waals surface area contributed by atoms with Crippen LogP contribution >= 0.6 is 0 Å². The molecule has 0 unspecified atom stereocenters. The molecule has 1 aliphatic rings. The van der Waals surface area contributed by atoms with E-state index in [0.29, 0.717) is 50.6 Å². The van der Waals surface area contributed by atoms with Gasteiger partial charge in [-0.05, 0) is 81.7 Å². The van der Waals surface area contributed by atoms with Gasteiger partial charge in [-0.3, -0.25) is 9.59 Å². The molecule has 318 valence electrons. The number of ether oxygens (including phenoxy) is 4. The molecule has 5 aromatic carbocycles. The third-order valence-electron chi connectivity index (χ3n) is 11.0. The van der Waals surface area contributed by atoms with E-state index in [9.17, 15) is 9.59 Å². The molecule has 0 aromatic heterocycles. The highest BCUT2D eigenvalue weighted by Crippen LogP contribution is 2.48. The van der Waals surface area contributed by atoms with E-state index in [-0.39, 0.29) is 23.5 Å². The van der Waals surface area contributed by atoms with Gasteiger partial charge in [0.15, 0.2) is 0 Å². The molecule has 0 saturated carbocycles. The number of hydrogen-bond acceptors (Lipinski definition) is 8. The Labute approximate surface area is 361 Å². The summed E-state index contributed by atoms with van der Waals surface area (Å²) in [4.78, 5) is 40.6. The van der Waals surface area contributed by atoms with Gasteiger partial charge in [0.2, 0.25) is 5.91 Å². The highest BCUT2D eigenvalue weighted by Gasteiger charge is 2.50. The van der Waals surface area contributed by atoms with E-state index in [4.69, 9.17) is 23.4 Å². The largest absolute Gasteiger partial charge is 0.489 e. The van der Waals surface area contributed by atoms with Gasteiger partial charge in [0.25, 0.3) is 8.32 Å². The molecule has 10 heteroatoms. The molecule has 1 amide bonds. The Bertz CT molecular complexity index is 2180. The first kappa shape index (κ1) is 44.6. The summed E-state index contributed by atoms with van der Waals surface area (Å²) in [6, 6.07) is 44.4. The minimum absolute atomic E-state index is 0.0991. The summed E-state index contributed by atoms with van der Waals surface area (Å²) in [5, 5.41) is 2.29. The summed E-state index contributed by atoms with van der Waals surface area (Å²) in [5.74, 6) is -0.331. The van der Waals surface area contributed by atoms with E-state index < -0.39 is 26.3 Å². The van der Waals surface area contributed by atoms with Gasteiger partial charge in [-0.1, -0.05) is 130 Å². The molecule has 0 spiro atoms. The Kier molecular flexibility index (Phi) is 15.4. The summed E-state index contributed by atoms with van der Waals surface area (Å²) in [6.07, 6.45) is 4.30. The van der Waals surface area contributed by atoms with E-state index in [1.807, 2.05) is 89.8 Å². The van der Waals surface area contributed by atoms with E-state index in [0.717, 1.165) is 28.7 Å². The molecule has 1 heterocycles. The monoisotopic (exact) mass is 839 g/mol. The topological polar surface area (TPSA) is 101 Å². The van der Waals surface area contributed by atoms with E-state index in [1.54, 1.807) is 6.08 Å². The number of benzene rings is 5. The van der Waals surface area contributed by atoms with Crippen LogP contribution in [0.4, 0.5) is 0 Å². The highest BCUT2D eigenvalue weighted by molar-refractivity contribution is 6.99. The van der Waals surface area contributed by atoms with Gasteiger partial charge in [0.05, 0.1) is 13.7 Å². The molecule has 0 saturated heterocycles. The number of carbonyl (C=O) groups is 3. The van der Waals surface area contributed by atoms with Crippen molar-refractivity contribution < 1.29 is 37.8 Å². The Balaban J connectivity index is 1.25. The van der Waals surface area contributed by atoms with Gasteiger partial charge in [0.1, 0.15) is 30.1 Å². The average molecular weight is 840 g/mol. The van der Waals surface area contributed by atoms with E-state index in [2.05, 4.69) is 69.3 Å². The molecule has 0 fully saturated rings. The van der Waals surface area contributed by atoms with Crippen molar-refractivity contribution in [3.63, 3.8) is 0 Å². The molecule has 0 bridgehead atoms. The number of amides is 1. The van der Waals surface area contributed by atoms with Gasteiger partial charge in [-0.25, -0.2) is 4.79 Å². The number of hydrogen-bond donors (Lipinski definition) is 0. The molecular weight excluding hydrogens is 783 g/mol. The average Bonchev–Trinajstić information content (AvgIpc) is 3.66. The molecule has 61 heavy (non-hydrogen) atoms. The lowest BCUT2D eigenvalue weighted by Gasteiger charge is -2.43. The minimum atomic E-state index is -2.73. The van der Waals surface area contributed by atoms with Crippen LogP contribution in [-0.2, 0) is 34.9 Å². The fraction of sp³-hybridized carbons (Fsp3) is 0.314. The maximum Gasteiger partial charge on any atom is 0.330 e. The van der Waals surface area contributed by atoms with Gasteiger partial charge in [0, 0.05) is 38.3 Å². The zero-order valence-corrected chi connectivity index (χ0v) is 36.9. The number of methoxy groups -OCH3 is 1. The molecule has 0 aliphatic carbocycles. The van der Waals surface area contributed by atoms with Crippen molar-refractivity contribution in [2.75, 3.05) is 33.4 Å². The van der Waals surface area contributed by atoms with Crippen LogP contribution < -0.4 is 19.8 Å². The molecular formula is C51H57NO8Si. The van der Waals surface area contributed by atoms with Crippen LogP contribution in [0.25, 0.3) is 6.08 Å². The van der Waals surface area contributed by atoms with Crippen LogP contribution in [0.1, 0.15) is 81.2 Å². The predicted molar refractivity (Wildman–Crippen MR) is 241 cm³/mol. The van der Waals surface area contributed by atoms with E-state index in [1.165, 1.54) is 30.5 Å². The fourth-order valence-corrected chi connectivity index (χ4v) is 12.6. The van der Waals surface area contributed by atoms with Crippen molar-refractivity contribution in [2.24, 2.45) is 0 Å². The van der Waals surface area contributed by atoms with Crippen molar-refractivity contribution in [2.45, 2.75) is 70.6 Å². The van der Waals surface area contributed by atoms with Crippen molar-refractivity contribution >= 4 is 42.6 Å². The number of fused-ring (bicyclic) bond motifs is 1. The molecule has 6 rings (SSSR count). The Morgan fingerprint density at radius 2 is 1.38 bits per heavy atom. The molecule has 1 aliphatic heterocycles. The van der Waals surface area contributed by atoms with Crippen LogP contribution in [0.3, 0.4) is 0 Å². The van der Waals surface area contributed by atoms with Crippen LogP contribution in [0, 0.1) is 0 Å². The Morgan fingerprint density at radius 3 is 1.98 bits per heavy atom. The van der Waals surface area contributed by atoms with Crippen LogP contribution in [-0.4, -0.2) is 64.5 Å². The van der Waals surface area contributed by atoms with Gasteiger partial charge in [-0.15, -0.1) is 0 Å². The summed E-state index contributed by atoms with van der Waals surface area (Å²) in [7, 11) is -1.40. The normalized spacial score (nSPS) is 14.8. The number of rotatable bonds is 19. The number of nitrogens with zero attached hydrogens (tertiary/aromatic N) is 1. The number of esters is 2. The van der Waals surface area contributed by atoms with Gasteiger partial charge >= 0.3 is 11.9 Å². The third kappa shape index (κ3) is 11.2. The molecule has 9 nitrogen and oxygen atoms in total. The summed E-state index contributed by atoms with van der Waals surface area (Å²) >= 11 is 0. The van der Waals surface area contributed by atoms with Crippen LogP contribution in [0.5, 0.6) is 11.5 Å². The second-order valence-electron chi connectivity index (χ2n) is 16.3. The molecule has 2 atom stereocenters. The Hall–Kier alpha value is -5.97. The lowest BCUT2D eigenvalue weighted by Crippen LogP contribution is -2.66.